The number of halogens is 3. The Balaban J connectivity index is 0.843. The van der Waals surface area contributed by atoms with Gasteiger partial charge in [0.25, 0.3) is 11.8 Å². The smallest absolute Gasteiger partial charge is 0.386 e. The van der Waals surface area contributed by atoms with Crippen molar-refractivity contribution in [1.29, 1.82) is 0 Å². The molecule has 62 heavy (non-hydrogen) atoms. The SMILES string of the molecule is CC(C)(O)c1cc2nn(C3CCN(CCC(C)(C)C4CCN(c5ccc6c(c5)C(O)N(C5CCC(=O)NC5=O)C6=O)CC4)CC3)cc2cc1NC(=O)c1cccc(C(F)(F)F)n1. The number of pyridine rings is 1. The van der Waals surface area contributed by atoms with Gasteiger partial charge in [0.15, 0.2) is 6.23 Å². The molecule has 0 spiro atoms. The van der Waals surface area contributed by atoms with Crippen molar-refractivity contribution in [3.8, 4) is 0 Å². The van der Waals surface area contributed by atoms with Crippen LogP contribution in [-0.2, 0) is 21.4 Å². The highest BCUT2D eigenvalue weighted by molar-refractivity contribution is 6.06. The Morgan fingerprint density at radius 1 is 0.935 bits per heavy atom. The lowest BCUT2D eigenvalue weighted by atomic mass is 9.71. The second-order valence-electron chi connectivity index (χ2n) is 18.4. The molecule has 0 aliphatic carbocycles. The van der Waals surface area contributed by atoms with Crippen LogP contribution >= 0.6 is 0 Å². The Morgan fingerprint density at radius 3 is 2.34 bits per heavy atom. The monoisotopic (exact) mass is 858 g/mol. The fourth-order valence-corrected chi connectivity index (χ4v) is 9.58. The van der Waals surface area contributed by atoms with Crippen LogP contribution in [0, 0.1) is 11.3 Å². The highest BCUT2D eigenvalue weighted by atomic mass is 19.4. The van der Waals surface area contributed by atoms with Gasteiger partial charge in [-0.25, -0.2) is 4.98 Å². The molecular weight excluding hydrogens is 806 g/mol. The number of anilines is 2. The zero-order valence-corrected chi connectivity index (χ0v) is 35.3. The van der Waals surface area contributed by atoms with Crippen molar-refractivity contribution >= 4 is 45.9 Å². The van der Waals surface area contributed by atoms with Crippen molar-refractivity contribution < 1.29 is 42.6 Å². The zero-order valence-electron chi connectivity index (χ0n) is 35.3. The lowest BCUT2D eigenvalue weighted by Gasteiger charge is -2.43. The Labute approximate surface area is 357 Å². The highest BCUT2D eigenvalue weighted by Gasteiger charge is 2.45. The van der Waals surface area contributed by atoms with E-state index in [1.807, 2.05) is 23.0 Å². The van der Waals surface area contributed by atoms with Crippen LogP contribution in [0.15, 0.2) is 54.7 Å². The van der Waals surface area contributed by atoms with Crippen LogP contribution in [0.1, 0.15) is 123 Å². The van der Waals surface area contributed by atoms with E-state index >= 15 is 0 Å². The second kappa shape index (κ2) is 16.4. The lowest BCUT2D eigenvalue weighted by molar-refractivity contribution is -0.141. The number of aliphatic hydroxyl groups excluding tert-OH is 1. The maximum atomic E-state index is 13.3. The van der Waals surface area contributed by atoms with E-state index in [1.54, 1.807) is 32.0 Å². The number of piperidine rings is 3. The van der Waals surface area contributed by atoms with Gasteiger partial charge in [-0.3, -0.25) is 34.1 Å². The van der Waals surface area contributed by atoms with Gasteiger partial charge in [0.2, 0.25) is 11.8 Å². The molecule has 3 saturated heterocycles. The molecule has 4 amide bonds. The Morgan fingerprint density at radius 2 is 1.66 bits per heavy atom. The number of likely N-dealkylation sites (tertiary alicyclic amines) is 1. The number of hydrogen-bond acceptors (Lipinski definition) is 10. The largest absolute Gasteiger partial charge is 0.433 e. The summed E-state index contributed by atoms with van der Waals surface area (Å²) in [5.74, 6) is -1.66. The minimum absolute atomic E-state index is 0.105. The normalized spacial score (nSPS) is 21.1. The van der Waals surface area contributed by atoms with E-state index in [1.165, 1.54) is 11.0 Å². The van der Waals surface area contributed by atoms with Crippen LogP contribution in [-0.4, -0.2) is 97.2 Å². The summed E-state index contributed by atoms with van der Waals surface area (Å²) in [6.45, 7) is 12.3. The van der Waals surface area contributed by atoms with E-state index in [9.17, 15) is 42.6 Å². The minimum atomic E-state index is -4.70. The third-order valence-corrected chi connectivity index (χ3v) is 13.4. The number of carbonyl (C=O) groups excluding carboxylic acids is 4. The predicted octanol–water partition coefficient (Wildman–Crippen LogP) is 6.15. The maximum absolute atomic E-state index is 13.3. The molecule has 2 aromatic heterocycles. The minimum Gasteiger partial charge on any atom is -0.386 e. The topological polar surface area (TPSA) is 173 Å². The van der Waals surface area contributed by atoms with E-state index in [0.29, 0.717) is 28.1 Å². The molecule has 0 saturated carbocycles. The number of nitrogens with one attached hydrogen (secondary N) is 2. The Hall–Kier alpha value is -5.39. The molecule has 17 heteroatoms. The highest BCUT2D eigenvalue weighted by Crippen LogP contribution is 2.42. The van der Waals surface area contributed by atoms with Crippen LogP contribution in [0.4, 0.5) is 24.5 Å². The number of aromatic nitrogens is 3. The summed E-state index contributed by atoms with van der Waals surface area (Å²) in [7, 11) is 0. The first-order valence-electron chi connectivity index (χ1n) is 21.3. The van der Waals surface area contributed by atoms with E-state index in [2.05, 4.69) is 39.3 Å². The van der Waals surface area contributed by atoms with Crippen molar-refractivity contribution in [2.45, 2.75) is 103 Å². The fourth-order valence-electron chi connectivity index (χ4n) is 9.58. The second-order valence-corrected chi connectivity index (χ2v) is 18.4. The van der Waals surface area contributed by atoms with E-state index < -0.39 is 53.2 Å². The van der Waals surface area contributed by atoms with Crippen molar-refractivity contribution in [3.63, 3.8) is 0 Å². The Bertz CT molecular complexity index is 2390. The zero-order chi connectivity index (χ0) is 44.3. The molecule has 4 aliphatic rings. The Kier molecular flexibility index (Phi) is 11.4. The number of nitrogens with zero attached hydrogens (tertiary/aromatic N) is 6. The molecule has 8 rings (SSSR count). The van der Waals surface area contributed by atoms with Gasteiger partial charge >= 0.3 is 6.18 Å². The molecule has 6 heterocycles. The third kappa shape index (κ3) is 8.66. The van der Waals surface area contributed by atoms with Crippen LogP contribution in [0.5, 0.6) is 0 Å². The van der Waals surface area contributed by atoms with E-state index in [-0.39, 0.29) is 35.9 Å². The van der Waals surface area contributed by atoms with E-state index in [0.717, 1.165) is 88.0 Å². The summed E-state index contributed by atoms with van der Waals surface area (Å²) < 4.78 is 41.8. The van der Waals surface area contributed by atoms with Gasteiger partial charge in [0.1, 0.15) is 17.4 Å². The summed E-state index contributed by atoms with van der Waals surface area (Å²) in [5, 5.41) is 32.7. The van der Waals surface area contributed by atoms with Gasteiger partial charge in [0.05, 0.1) is 17.2 Å². The van der Waals surface area contributed by atoms with Crippen LogP contribution in [0.2, 0.25) is 0 Å². The molecule has 330 valence electrons. The van der Waals surface area contributed by atoms with Gasteiger partial charge in [-0.2, -0.15) is 18.3 Å². The molecule has 4 aliphatic heterocycles. The molecule has 2 unspecified atom stereocenters. The molecule has 14 nitrogen and oxygen atoms in total. The maximum Gasteiger partial charge on any atom is 0.433 e. The lowest BCUT2D eigenvalue weighted by Crippen LogP contribution is -2.53. The van der Waals surface area contributed by atoms with Crippen molar-refractivity contribution in [3.05, 3.63) is 82.8 Å². The summed E-state index contributed by atoms with van der Waals surface area (Å²) in [4.78, 5) is 60.0. The number of imide groups is 1. The summed E-state index contributed by atoms with van der Waals surface area (Å²) in [5.41, 5.74) is 0.212. The van der Waals surface area contributed by atoms with Crippen LogP contribution in [0.3, 0.4) is 0 Å². The number of fused-ring (bicyclic) bond motifs is 2. The number of hydrogen-bond donors (Lipinski definition) is 4. The van der Waals surface area contributed by atoms with Crippen molar-refractivity contribution in [2.75, 3.05) is 42.9 Å². The molecule has 2 aromatic carbocycles. The fraction of sp³-hybridized carbons (Fsp3) is 0.511. The van der Waals surface area contributed by atoms with Crippen LogP contribution < -0.4 is 15.5 Å². The quantitative estimate of drug-likeness (QED) is 0.136. The van der Waals surface area contributed by atoms with Crippen molar-refractivity contribution in [1.82, 2.24) is 29.9 Å². The third-order valence-electron chi connectivity index (χ3n) is 13.4. The summed E-state index contributed by atoms with van der Waals surface area (Å²) >= 11 is 0. The molecular formula is C45H53F3N8O6. The average molecular weight is 859 g/mol. The van der Waals surface area contributed by atoms with Gasteiger partial charge < -0.3 is 25.3 Å². The van der Waals surface area contributed by atoms with Gasteiger partial charge in [-0.05, 0) is 113 Å². The molecule has 2 atom stereocenters. The summed E-state index contributed by atoms with van der Waals surface area (Å²) in [6.07, 6.45) is 1.09. The first kappa shape index (κ1) is 43.3. The number of carbonyl (C=O) groups is 4. The molecule has 4 aromatic rings. The first-order chi connectivity index (χ1) is 29.3. The molecule has 0 bridgehead atoms. The van der Waals surface area contributed by atoms with Gasteiger partial charge in [-0.1, -0.05) is 19.9 Å². The molecule has 4 N–H and O–H groups in total. The van der Waals surface area contributed by atoms with E-state index in [4.69, 9.17) is 5.10 Å². The predicted molar refractivity (Wildman–Crippen MR) is 224 cm³/mol. The van der Waals surface area contributed by atoms with Gasteiger partial charge in [0, 0.05) is 72.2 Å². The number of aliphatic hydroxyl groups is 2. The first-order valence-corrected chi connectivity index (χ1v) is 21.3. The van der Waals surface area contributed by atoms with Gasteiger partial charge in [-0.15, -0.1) is 0 Å². The number of amides is 4. The number of rotatable bonds is 10. The number of alkyl halides is 3. The molecule has 3 fully saturated rings. The van der Waals surface area contributed by atoms with Crippen LogP contribution in [0.25, 0.3) is 10.9 Å². The number of benzene rings is 2. The standard InChI is InChI=1S/C45H53F3N8O6/c1-43(2,27-12-19-54(20-13-27)29-8-9-30-31(23-29)42(61)56(41(30)60)36-10-11-38(57)51-40(36)59)16-21-53-17-14-28(15-18-53)55-25-26-22-35(32(44(3,4)62)24-34(26)52-55)50-39(58)33-6-5-7-37(49-33)45(46,47)48/h5-9,22-25,27-28,36,42,61-62H,10-21H2,1-4H3,(H,50,58)(H,51,57,59). The average Bonchev–Trinajstić information content (AvgIpc) is 3.76. The summed E-state index contributed by atoms with van der Waals surface area (Å²) in [6, 6.07) is 11.3. The molecule has 0 radical (unpaired) electrons. The van der Waals surface area contributed by atoms with Crippen molar-refractivity contribution in [2.24, 2.45) is 11.3 Å².